The summed E-state index contributed by atoms with van der Waals surface area (Å²) in [4.78, 5) is 18.7. The number of hydrogen-bond donors (Lipinski definition) is 0. The van der Waals surface area contributed by atoms with Crippen LogP contribution in [0.4, 0.5) is 13.2 Å². The van der Waals surface area contributed by atoms with Gasteiger partial charge in [0, 0.05) is 13.1 Å². The van der Waals surface area contributed by atoms with Gasteiger partial charge in [-0.2, -0.15) is 13.2 Å². The van der Waals surface area contributed by atoms with E-state index in [0.29, 0.717) is 17.2 Å². The molecule has 29 heavy (non-hydrogen) atoms. The van der Waals surface area contributed by atoms with Gasteiger partial charge >= 0.3 is 6.18 Å². The molecule has 4 rings (SSSR count). The van der Waals surface area contributed by atoms with Crippen LogP contribution in [-0.4, -0.2) is 39.2 Å². The number of thioether (sulfide) groups is 1. The maximum Gasteiger partial charge on any atom is 0.416 e. The summed E-state index contributed by atoms with van der Waals surface area (Å²) in [6.45, 7) is 2.02. The summed E-state index contributed by atoms with van der Waals surface area (Å²) in [5.74, 6) is 0.270. The van der Waals surface area contributed by atoms with E-state index in [1.54, 1.807) is 0 Å². The summed E-state index contributed by atoms with van der Waals surface area (Å²) in [6, 6.07) is 13.3. The molecule has 0 aliphatic carbocycles. The Bertz CT molecular complexity index is 1010. The zero-order valence-corrected chi connectivity index (χ0v) is 16.5. The van der Waals surface area contributed by atoms with Gasteiger partial charge in [0.2, 0.25) is 5.91 Å². The van der Waals surface area contributed by atoms with E-state index in [4.69, 9.17) is 0 Å². The van der Waals surface area contributed by atoms with Gasteiger partial charge in [0.15, 0.2) is 5.16 Å². The number of rotatable bonds is 5. The van der Waals surface area contributed by atoms with Gasteiger partial charge < -0.3 is 9.47 Å². The second-order valence-electron chi connectivity index (χ2n) is 7.04. The van der Waals surface area contributed by atoms with Crippen molar-refractivity contribution >= 4 is 28.7 Å². The second kappa shape index (κ2) is 8.10. The third-order valence-electron chi connectivity index (χ3n) is 5.01. The van der Waals surface area contributed by atoms with Crippen LogP contribution in [0.1, 0.15) is 24.0 Å². The number of aromatic nitrogens is 2. The van der Waals surface area contributed by atoms with Crippen molar-refractivity contribution in [3.05, 3.63) is 59.7 Å². The second-order valence-corrected chi connectivity index (χ2v) is 7.99. The number of hydrogen-bond acceptors (Lipinski definition) is 3. The number of nitrogens with zero attached hydrogens (tertiary/aromatic N) is 3. The fourth-order valence-corrected chi connectivity index (χ4v) is 4.41. The normalized spacial score (nSPS) is 14.7. The van der Waals surface area contributed by atoms with Crippen LogP contribution in [0.2, 0.25) is 0 Å². The molecule has 8 heteroatoms. The number of fused-ring (bicyclic) bond motifs is 1. The summed E-state index contributed by atoms with van der Waals surface area (Å²) in [5, 5.41) is 0.552. The molecule has 2 aromatic carbocycles. The van der Waals surface area contributed by atoms with Crippen molar-refractivity contribution in [2.45, 2.75) is 30.7 Å². The minimum atomic E-state index is -4.42. The van der Waals surface area contributed by atoms with Gasteiger partial charge in [-0.3, -0.25) is 4.79 Å². The number of carbonyl (C=O) groups excluding carboxylic acids is 1. The van der Waals surface area contributed by atoms with E-state index in [9.17, 15) is 18.0 Å². The number of imidazole rings is 1. The van der Waals surface area contributed by atoms with E-state index in [-0.39, 0.29) is 17.2 Å². The van der Waals surface area contributed by atoms with Crippen molar-refractivity contribution in [1.82, 2.24) is 14.5 Å². The lowest BCUT2D eigenvalue weighted by Gasteiger charge is -2.15. The van der Waals surface area contributed by atoms with Crippen LogP contribution in [0.3, 0.4) is 0 Å². The Balaban J connectivity index is 1.66. The van der Waals surface area contributed by atoms with E-state index >= 15 is 0 Å². The highest BCUT2D eigenvalue weighted by molar-refractivity contribution is 7.99. The van der Waals surface area contributed by atoms with Crippen molar-refractivity contribution in [2.75, 3.05) is 18.8 Å². The van der Waals surface area contributed by atoms with Crippen molar-refractivity contribution < 1.29 is 18.0 Å². The number of carbonyl (C=O) groups is 1. The van der Waals surface area contributed by atoms with Crippen LogP contribution in [0, 0.1) is 0 Å². The Labute approximate surface area is 170 Å². The van der Waals surface area contributed by atoms with E-state index in [2.05, 4.69) is 4.98 Å². The van der Waals surface area contributed by atoms with Crippen LogP contribution >= 0.6 is 11.8 Å². The standard InChI is InChI=1S/C21H20F3N3OS/c22-21(23,24)16-8-9-18-17(12-16)25-20(27(18)13-15-6-2-1-3-7-15)29-14-19(28)26-10-4-5-11-26/h1-3,6-9,12H,4-5,10-11,13-14H2. The Morgan fingerprint density at radius 2 is 1.79 bits per heavy atom. The molecule has 0 radical (unpaired) electrons. The van der Waals surface area contributed by atoms with Crippen molar-refractivity contribution in [3.8, 4) is 0 Å². The summed E-state index contributed by atoms with van der Waals surface area (Å²) in [7, 11) is 0. The van der Waals surface area contributed by atoms with Gasteiger partial charge in [0.1, 0.15) is 0 Å². The maximum absolute atomic E-state index is 13.1. The molecule has 1 aromatic heterocycles. The summed E-state index contributed by atoms with van der Waals surface area (Å²) >= 11 is 1.28. The van der Waals surface area contributed by atoms with Gasteiger partial charge in [-0.25, -0.2) is 4.98 Å². The van der Waals surface area contributed by atoms with Gasteiger partial charge in [0.25, 0.3) is 0 Å². The van der Waals surface area contributed by atoms with E-state index in [1.165, 1.54) is 17.8 Å². The van der Waals surface area contributed by atoms with Gasteiger partial charge in [-0.05, 0) is 36.6 Å². The third-order valence-corrected chi connectivity index (χ3v) is 5.97. The van der Waals surface area contributed by atoms with Crippen molar-refractivity contribution in [3.63, 3.8) is 0 Å². The SMILES string of the molecule is O=C(CSc1nc2cc(C(F)(F)F)ccc2n1Cc1ccccc1)N1CCCC1. The van der Waals surface area contributed by atoms with Gasteiger partial charge in [-0.1, -0.05) is 42.1 Å². The molecule has 3 aromatic rings. The Kier molecular flexibility index (Phi) is 5.54. The van der Waals surface area contributed by atoms with Crippen LogP contribution in [0.25, 0.3) is 11.0 Å². The first-order valence-corrected chi connectivity index (χ1v) is 10.4. The van der Waals surface area contributed by atoms with Crippen molar-refractivity contribution in [2.24, 2.45) is 0 Å². The summed E-state index contributed by atoms with van der Waals surface area (Å²) < 4.78 is 41.2. The Morgan fingerprint density at radius 1 is 1.07 bits per heavy atom. The fraction of sp³-hybridized carbons (Fsp3) is 0.333. The number of amides is 1. The first kappa shape index (κ1) is 19.8. The van der Waals surface area contributed by atoms with Crippen LogP contribution in [-0.2, 0) is 17.5 Å². The fourth-order valence-electron chi connectivity index (χ4n) is 3.50. The van der Waals surface area contributed by atoms with Gasteiger partial charge in [-0.15, -0.1) is 0 Å². The third kappa shape index (κ3) is 4.42. The molecule has 1 aliphatic rings. The molecule has 0 unspecified atom stereocenters. The molecule has 152 valence electrons. The number of benzene rings is 2. The molecular weight excluding hydrogens is 399 g/mol. The molecule has 1 saturated heterocycles. The quantitative estimate of drug-likeness (QED) is 0.557. The first-order chi connectivity index (χ1) is 13.9. The average Bonchev–Trinajstić information content (AvgIpc) is 3.35. The molecule has 0 atom stereocenters. The summed E-state index contributed by atoms with van der Waals surface area (Å²) in [6.07, 6.45) is -2.39. The molecule has 1 amide bonds. The van der Waals surface area contributed by atoms with Gasteiger partial charge in [0.05, 0.1) is 28.9 Å². The molecular formula is C21H20F3N3OS. The first-order valence-electron chi connectivity index (χ1n) is 9.44. The number of halogens is 3. The average molecular weight is 419 g/mol. The lowest BCUT2D eigenvalue weighted by atomic mass is 10.2. The molecule has 0 spiro atoms. The van der Waals surface area contributed by atoms with Crippen LogP contribution in [0.5, 0.6) is 0 Å². The molecule has 1 aliphatic heterocycles. The minimum absolute atomic E-state index is 0.0433. The van der Waals surface area contributed by atoms with E-state index in [0.717, 1.165) is 43.6 Å². The van der Waals surface area contributed by atoms with Crippen molar-refractivity contribution in [1.29, 1.82) is 0 Å². The van der Waals surface area contributed by atoms with E-state index < -0.39 is 11.7 Å². The molecule has 2 heterocycles. The Morgan fingerprint density at radius 3 is 2.48 bits per heavy atom. The predicted octanol–water partition coefficient (Wildman–Crippen LogP) is 4.82. The predicted molar refractivity (Wildman–Crippen MR) is 107 cm³/mol. The molecule has 4 nitrogen and oxygen atoms in total. The smallest absolute Gasteiger partial charge is 0.342 e. The lowest BCUT2D eigenvalue weighted by Crippen LogP contribution is -2.29. The topological polar surface area (TPSA) is 38.1 Å². The molecule has 0 saturated carbocycles. The largest absolute Gasteiger partial charge is 0.416 e. The highest BCUT2D eigenvalue weighted by Crippen LogP contribution is 2.33. The monoisotopic (exact) mass is 419 g/mol. The zero-order chi connectivity index (χ0) is 20.4. The van der Waals surface area contributed by atoms with Crippen LogP contribution < -0.4 is 0 Å². The lowest BCUT2D eigenvalue weighted by molar-refractivity contribution is -0.137. The Hall–Kier alpha value is -2.48. The van der Waals surface area contributed by atoms with Crippen LogP contribution in [0.15, 0.2) is 53.7 Å². The number of alkyl halides is 3. The highest BCUT2D eigenvalue weighted by Gasteiger charge is 2.31. The summed E-state index contributed by atoms with van der Waals surface area (Å²) in [5.41, 5.74) is 1.20. The molecule has 1 fully saturated rings. The zero-order valence-electron chi connectivity index (χ0n) is 15.7. The molecule has 0 N–H and O–H groups in total. The molecule has 0 bridgehead atoms. The van der Waals surface area contributed by atoms with E-state index in [1.807, 2.05) is 39.8 Å². The highest BCUT2D eigenvalue weighted by atomic mass is 32.2. The minimum Gasteiger partial charge on any atom is -0.342 e. The number of likely N-dealkylation sites (tertiary alicyclic amines) is 1. The maximum atomic E-state index is 13.1.